The first-order chi connectivity index (χ1) is 13.0. The van der Waals surface area contributed by atoms with E-state index in [2.05, 4.69) is 0 Å². The van der Waals surface area contributed by atoms with Crippen molar-refractivity contribution in [3.63, 3.8) is 0 Å². The number of thioether (sulfide) groups is 1. The van der Waals surface area contributed by atoms with Crippen molar-refractivity contribution in [1.29, 1.82) is 0 Å². The van der Waals surface area contributed by atoms with Crippen molar-refractivity contribution in [1.82, 2.24) is 0 Å². The number of hydrogen-bond donors (Lipinski definition) is 0. The Morgan fingerprint density at radius 2 is 1.74 bits per heavy atom. The summed E-state index contributed by atoms with van der Waals surface area (Å²) < 4.78 is 5.47. The standard InChI is InChI=1S/C21H20ClNO3S/c1-4-26-16-10-7-14(8-11-16)18-19(27-5-2)21(25)23(20(18)24)17-12-15(22)9-6-13(17)3/h6-12H,4-5H2,1-3H3. The second kappa shape index (κ2) is 8.19. The van der Waals surface area contributed by atoms with E-state index in [1.165, 1.54) is 16.7 Å². The summed E-state index contributed by atoms with van der Waals surface area (Å²) in [7, 11) is 0. The first-order valence-electron chi connectivity index (χ1n) is 8.73. The van der Waals surface area contributed by atoms with Gasteiger partial charge in [-0.2, -0.15) is 0 Å². The van der Waals surface area contributed by atoms with Crippen molar-refractivity contribution >= 4 is 46.4 Å². The molecule has 1 heterocycles. The van der Waals surface area contributed by atoms with Gasteiger partial charge in [0.15, 0.2) is 0 Å². The van der Waals surface area contributed by atoms with Crippen LogP contribution in [-0.4, -0.2) is 24.2 Å². The lowest BCUT2D eigenvalue weighted by Gasteiger charge is -2.18. The van der Waals surface area contributed by atoms with Crippen molar-refractivity contribution in [2.45, 2.75) is 20.8 Å². The molecule has 0 unspecified atom stereocenters. The van der Waals surface area contributed by atoms with Crippen LogP contribution in [0.2, 0.25) is 5.02 Å². The number of nitrogens with zero attached hydrogens (tertiary/aromatic N) is 1. The van der Waals surface area contributed by atoms with E-state index in [0.717, 1.165) is 11.3 Å². The molecule has 4 nitrogen and oxygen atoms in total. The van der Waals surface area contributed by atoms with E-state index < -0.39 is 0 Å². The zero-order valence-corrected chi connectivity index (χ0v) is 17.0. The van der Waals surface area contributed by atoms with Crippen LogP contribution >= 0.6 is 23.4 Å². The molecular formula is C21H20ClNO3S. The summed E-state index contributed by atoms with van der Waals surface area (Å²) in [6, 6.07) is 12.5. The summed E-state index contributed by atoms with van der Waals surface area (Å²) in [6.07, 6.45) is 0. The lowest BCUT2D eigenvalue weighted by molar-refractivity contribution is -0.119. The van der Waals surface area contributed by atoms with Crippen LogP contribution < -0.4 is 9.64 Å². The van der Waals surface area contributed by atoms with Crippen LogP contribution in [0.5, 0.6) is 5.75 Å². The summed E-state index contributed by atoms with van der Waals surface area (Å²) in [4.78, 5) is 28.0. The van der Waals surface area contributed by atoms with Crippen molar-refractivity contribution < 1.29 is 14.3 Å². The minimum Gasteiger partial charge on any atom is -0.494 e. The number of rotatable bonds is 6. The molecule has 0 fully saturated rings. The number of carbonyl (C=O) groups excluding carboxylic acids is 2. The molecule has 0 radical (unpaired) electrons. The molecule has 27 heavy (non-hydrogen) atoms. The van der Waals surface area contributed by atoms with Gasteiger partial charge in [0, 0.05) is 5.02 Å². The van der Waals surface area contributed by atoms with Gasteiger partial charge in [0.05, 0.1) is 22.8 Å². The molecule has 6 heteroatoms. The fraction of sp³-hybridized carbons (Fsp3) is 0.238. The van der Waals surface area contributed by atoms with E-state index in [4.69, 9.17) is 16.3 Å². The van der Waals surface area contributed by atoms with E-state index in [9.17, 15) is 9.59 Å². The highest BCUT2D eigenvalue weighted by Gasteiger charge is 2.40. The van der Waals surface area contributed by atoms with E-state index in [1.54, 1.807) is 18.2 Å². The topological polar surface area (TPSA) is 46.6 Å². The Bertz CT molecular complexity index is 922. The molecular weight excluding hydrogens is 382 g/mol. The third-order valence-electron chi connectivity index (χ3n) is 4.20. The third-order valence-corrected chi connectivity index (χ3v) is 5.39. The number of ether oxygens (including phenoxy) is 1. The molecule has 140 valence electrons. The first kappa shape index (κ1) is 19.5. The summed E-state index contributed by atoms with van der Waals surface area (Å²) >= 11 is 7.49. The fourth-order valence-corrected chi connectivity index (χ4v) is 3.99. The highest BCUT2D eigenvalue weighted by molar-refractivity contribution is 8.04. The summed E-state index contributed by atoms with van der Waals surface area (Å²) in [5.74, 6) is 0.787. The molecule has 3 rings (SSSR count). The number of halogens is 1. The van der Waals surface area contributed by atoms with E-state index in [0.29, 0.717) is 39.1 Å². The lowest BCUT2D eigenvalue weighted by Crippen LogP contribution is -2.32. The van der Waals surface area contributed by atoms with Crippen molar-refractivity contribution in [3.05, 3.63) is 63.5 Å². The van der Waals surface area contributed by atoms with Gasteiger partial charge < -0.3 is 4.74 Å². The highest BCUT2D eigenvalue weighted by Crippen LogP contribution is 2.40. The Balaban J connectivity index is 2.06. The molecule has 0 saturated carbocycles. The fourth-order valence-electron chi connectivity index (χ4n) is 2.97. The Kier molecular flexibility index (Phi) is 5.92. The van der Waals surface area contributed by atoms with E-state index in [1.807, 2.05) is 45.0 Å². The van der Waals surface area contributed by atoms with Crippen LogP contribution in [0.4, 0.5) is 5.69 Å². The van der Waals surface area contributed by atoms with Crippen LogP contribution in [0.3, 0.4) is 0 Å². The lowest BCUT2D eigenvalue weighted by atomic mass is 10.1. The Morgan fingerprint density at radius 3 is 2.37 bits per heavy atom. The predicted molar refractivity (Wildman–Crippen MR) is 111 cm³/mol. The number of anilines is 1. The summed E-state index contributed by atoms with van der Waals surface area (Å²) in [5, 5.41) is 0.482. The predicted octanol–water partition coefficient (Wildman–Crippen LogP) is 5.08. The molecule has 0 aromatic heterocycles. The van der Waals surface area contributed by atoms with Crippen LogP contribution in [0.1, 0.15) is 25.0 Å². The molecule has 2 aromatic carbocycles. The number of carbonyl (C=O) groups is 2. The second-order valence-corrected chi connectivity index (χ2v) is 7.68. The molecule has 1 aliphatic heterocycles. The van der Waals surface area contributed by atoms with Crippen LogP contribution in [0.15, 0.2) is 47.4 Å². The number of hydrogen-bond acceptors (Lipinski definition) is 4. The van der Waals surface area contributed by atoms with Crippen molar-refractivity contribution in [2.75, 3.05) is 17.3 Å². The zero-order chi connectivity index (χ0) is 19.6. The van der Waals surface area contributed by atoms with Gasteiger partial charge in [-0.1, -0.05) is 36.7 Å². The molecule has 1 aliphatic rings. The molecule has 0 aliphatic carbocycles. The molecule has 2 amide bonds. The second-order valence-electron chi connectivity index (χ2n) is 5.97. The molecule has 0 N–H and O–H groups in total. The number of imide groups is 1. The Morgan fingerprint density at radius 1 is 1.04 bits per heavy atom. The molecule has 0 spiro atoms. The van der Waals surface area contributed by atoms with Gasteiger partial charge in [-0.15, -0.1) is 11.8 Å². The number of aryl methyl sites for hydroxylation is 1. The van der Waals surface area contributed by atoms with Gasteiger partial charge in [0.2, 0.25) is 0 Å². The SMILES string of the molecule is CCOc1ccc(C2=C(SCC)C(=O)N(c3cc(Cl)ccc3C)C2=O)cc1. The quantitative estimate of drug-likeness (QED) is 0.633. The maximum Gasteiger partial charge on any atom is 0.272 e. The molecule has 0 atom stereocenters. The van der Waals surface area contributed by atoms with Crippen LogP contribution in [-0.2, 0) is 9.59 Å². The van der Waals surface area contributed by atoms with Gasteiger partial charge in [-0.3, -0.25) is 9.59 Å². The van der Waals surface area contributed by atoms with Gasteiger partial charge in [0.1, 0.15) is 5.75 Å². The largest absolute Gasteiger partial charge is 0.494 e. The Labute approximate surface area is 168 Å². The zero-order valence-electron chi connectivity index (χ0n) is 15.4. The van der Waals surface area contributed by atoms with Gasteiger partial charge >= 0.3 is 0 Å². The van der Waals surface area contributed by atoms with Gasteiger partial charge in [-0.25, -0.2) is 4.90 Å². The monoisotopic (exact) mass is 401 g/mol. The van der Waals surface area contributed by atoms with Crippen LogP contribution in [0.25, 0.3) is 5.57 Å². The average Bonchev–Trinajstić information content (AvgIpc) is 2.89. The van der Waals surface area contributed by atoms with E-state index in [-0.39, 0.29) is 11.8 Å². The van der Waals surface area contributed by atoms with Crippen LogP contribution in [0, 0.1) is 6.92 Å². The maximum atomic E-state index is 13.2. The highest BCUT2D eigenvalue weighted by atomic mass is 35.5. The normalized spacial score (nSPS) is 14.3. The third kappa shape index (κ3) is 3.75. The smallest absolute Gasteiger partial charge is 0.272 e. The minimum atomic E-state index is -0.328. The maximum absolute atomic E-state index is 13.2. The molecule has 0 saturated heterocycles. The summed E-state index contributed by atoms with van der Waals surface area (Å²) in [5.41, 5.74) is 2.46. The van der Waals surface area contributed by atoms with Crippen molar-refractivity contribution in [2.24, 2.45) is 0 Å². The molecule has 0 bridgehead atoms. The van der Waals surface area contributed by atoms with Gasteiger partial charge in [-0.05, 0) is 55.0 Å². The van der Waals surface area contributed by atoms with Gasteiger partial charge in [0.25, 0.3) is 11.8 Å². The van der Waals surface area contributed by atoms with E-state index >= 15 is 0 Å². The average molecular weight is 402 g/mol. The Hall–Kier alpha value is -2.24. The first-order valence-corrected chi connectivity index (χ1v) is 10.1. The number of amides is 2. The molecule has 2 aromatic rings. The van der Waals surface area contributed by atoms with Crippen molar-refractivity contribution in [3.8, 4) is 5.75 Å². The summed E-state index contributed by atoms with van der Waals surface area (Å²) in [6.45, 7) is 6.29. The number of benzene rings is 2. The minimum absolute atomic E-state index is 0.305.